The van der Waals surface area contributed by atoms with Crippen LogP contribution in [0.1, 0.15) is 0 Å². The number of likely N-dealkylation sites (N-methyl/N-ethyl adjacent to an activating group) is 2. The molecule has 0 aromatic heterocycles. The van der Waals surface area contributed by atoms with E-state index >= 15 is 0 Å². The van der Waals surface area contributed by atoms with E-state index in [1.54, 1.807) is 0 Å². The molecule has 0 rings (SSSR count). The summed E-state index contributed by atoms with van der Waals surface area (Å²) in [6.45, 7) is 2.16. The van der Waals surface area contributed by atoms with Crippen LogP contribution in [0.4, 0.5) is 0 Å². The first-order valence-corrected chi connectivity index (χ1v) is 5.51. The highest BCUT2D eigenvalue weighted by molar-refractivity contribution is 7.89. The summed E-state index contributed by atoms with van der Waals surface area (Å²) in [6, 6.07) is 0. The molecule has 74 valence electrons. The van der Waals surface area contributed by atoms with Crippen LogP contribution in [0, 0.1) is 0 Å². The lowest BCUT2D eigenvalue weighted by Gasteiger charge is -2.14. The molecule has 5 nitrogen and oxygen atoms in total. The Kier molecular flexibility index (Phi) is 5.39. The number of rotatable bonds is 6. The molecule has 0 saturated heterocycles. The van der Waals surface area contributed by atoms with E-state index in [1.807, 2.05) is 19.0 Å². The molecular formula is C6H17N3O2S. The third kappa shape index (κ3) is 7.93. The molecule has 0 fully saturated rings. The van der Waals surface area contributed by atoms with Gasteiger partial charge in [-0.2, -0.15) is 0 Å². The average molecular weight is 195 g/mol. The van der Waals surface area contributed by atoms with Gasteiger partial charge in [0.15, 0.2) is 0 Å². The summed E-state index contributed by atoms with van der Waals surface area (Å²) in [4.78, 5) is 1.92. The van der Waals surface area contributed by atoms with Crippen molar-refractivity contribution in [2.45, 2.75) is 0 Å². The molecule has 0 unspecified atom stereocenters. The number of sulfonamides is 1. The number of hydrogen-bond acceptors (Lipinski definition) is 4. The van der Waals surface area contributed by atoms with Crippen LogP contribution in [-0.4, -0.2) is 52.8 Å². The molecule has 0 heterocycles. The average Bonchev–Trinajstić information content (AvgIpc) is 1.95. The Morgan fingerprint density at radius 3 is 2.42 bits per heavy atom. The van der Waals surface area contributed by atoms with Gasteiger partial charge < -0.3 is 10.2 Å². The maximum Gasteiger partial charge on any atom is 0.210 e. The van der Waals surface area contributed by atoms with E-state index in [4.69, 9.17) is 5.14 Å². The number of hydrogen-bond donors (Lipinski definition) is 2. The van der Waals surface area contributed by atoms with E-state index in [2.05, 4.69) is 5.32 Å². The molecule has 0 radical (unpaired) electrons. The van der Waals surface area contributed by atoms with Crippen LogP contribution in [0.5, 0.6) is 0 Å². The van der Waals surface area contributed by atoms with Crippen LogP contribution in [0.15, 0.2) is 0 Å². The maximum atomic E-state index is 10.5. The summed E-state index contributed by atoms with van der Waals surface area (Å²) < 4.78 is 21.1. The minimum atomic E-state index is -3.31. The Labute approximate surface area is 74.0 Å². The summed E-state index contributed by atoms with van der Waals surface area (Å²) in [5.41, 5.74) is 0. The van der Waals surface area contributed by atoms with Gasteiger partial charge in [0.25, 0.3) is 0 Å². The van der Waals surface area contributed by atoms with E-state index in [1.165, 1.54) is 0 Å². The van der Waals surface area contributed by atoms with Crippen LogP contribution >= 0.6 is 0 Å². The lowest BCUT2D eigenvalue weighted by atomic mass is 10.5. The number of nitrogens with zero attached hydrogens (tertiary/aromatic N) is 1. The molecule has 0 amide bonds. The van der Waals surface area contributed by atoms with E-state index in [0.717, 1.165) is 13.1 Å². The highest BCUT2D eigenvalue weighted by Gasteiger charge is 2.04. The molecule has 0 atom stereocenters. The van der Waals surface area contributed by atoms with Gasteiger partial charge in [0.2, 0.25) is 10.0 Å². The molecule has 12 heavy (non-hydrogen) atoms. The highest BCUT2D eigenvalue weighted by Crippen LogP contribution is 1.83. The zero-order valence-corrected chi connectivity index (χ0v) is 8.39. The molecule has 0 aliphatic rings. The monoisotopic (exact) mass is 195 g/mol. The molecule has 0 aliphatic heterocycles. The van der Waals surface area contributed by atoms with Gasteiger partial charge in [-0.05, 0) is 14.1 Å². The van der Waals surface area contributed by atoms with Crippen molar-refractivity contribution in [2.75, 3.05) is 39.5 Å². The molecule has 0 aromatic rings. The van der Waals surface area contributed by atoms with Gasteiger partial charge in [-0.25, -0.2) is 13.6 Å². The summed E-state index contributed by atoms with van der Waals surface area (Å²) >= 11 is 0. The maximum absolute atomic E-state index is 10.5. The second-order valence-corrected chi connectivity index (χ2v) is 4.51. The Bertz CT molecular complexity index is 203. The molecule has 3 N–H and O–H groups in total. The predicted octanol–water partition coefficient (Wildman–Crippen LogP) is -1.57. The van der Waals surface area contributed by atoms with Crippen LogP contribution in [0.25, 0.3) is 0 Å². The first kappa shape index (κ1) is 11.8. The lowest BCUT2D eigenvalue weighted by Crippen LogP contribution is -2.33. The molecule has 0 bridgehead atoms. The Hall–Kier alpha value is -0.170. The van der Waals surface area contributed by atoms with Gasteiger partial charge in [-0.1, -0.05) is 0 Å². The fourth-order valence-electron chi connectivity index (χ4n) is 0.698. The first-order chi connectivity index (χ1) is 5.45. The van der Waals surface area contributed by atoms with Crippen molar-refractivity contribution in [3.8, 4) is 0 Å². The summed E-state index contributed by atoms with van der Waals surface area (Å²) in [5, 5.41) is 7.82. The molecule has 0 spiro atoms. The summed E-state index contributed by atoms with van der Waals surface area (Å²) in [6.07, 6.45) is 0. The zero-order chi connectivity index (χ0) is 9.61. The number of primary sulfonamides is 1. The first-order valence-electron chi connectivity index (χ1n) is 3.79. The standard InChI is InChI=1S/C6H17N3O2S/c1-8-3-4-9(2)5-6-12(7,10)11/h8H,3-6H2,1-2H3,(H2,7,10,11). The Morgan fingerprint density at radius 2 is 2.00 bits per heavy atom. The second kappa shape index (κ2) is 5.47. The van der Waals surface area contributed by atoms with Gasteiger partial charge in [0.1, 0.15) is 0 Å². The van der Waals surface area contributed by atoms with Gasteiger partial charge >= 0.3 is 0 Å². The summed E-state index contributed by atoms with van der Waals surface area (Å²) in [7, 11) is 0.412. The zero-order valence-electron chi connectivity index (χ0n) is 7.58. The van der Waals surface area contributed by atoms with Crippen LogP contribution in [0.3, 0.4) is 0 Å². The van der Waals surface area contributed by atoms with Crippen LogP contribution in [0.2, 0.25) is 0 Å². The quantitative estimate of drug-likeness (QED) is 0.537. The van der Waals surface area contributed by atoms with Crippen molar-refractivity contribution in [3.05, 3.63) is 0 Å². The molecule has 6 heteroatoms. The number of nitrogens with one attached hydrogen (secondary N) is 1. The van der Waals surface area contributed by atoms with Gasteiger partial charge in [-0.3, -0.25) is 0 Å². The predicted molar refractivity (Wildman–Crippen MR) is 49.4 cm³/mol. The summed E-state index contributed by atoms with van der Waals surface area (Å²) in [5.74, 6) is 0.0210. The van der Waals surface area contributed by atoms with Crippen molar-refractivity contribution >= 4 is 10.0 Å². The Morgan fingerprint density at radius 1 is 1.42 bits per heavy atom. The normalized spacial score (nSPS) is 12.3. The topological polar surface area (TPSA) is 75.4 Å². The van der Waals surface area contributed by atoms with E-state index in [0.29, 0.717) is 6.54 Å². The van der Waals surface area contributed by atoms with E-state index < -0.39 is 10.0 Å². The third-order valence-electron chi connectivity index (χ3n) is 1.50. The van der Waals surface area contributed by atoms with Gasteiger partial charge in [0.05, 0.1) is 5.75 Å². The lowest BCUT2D eigenvalue weighted by molar-refractivity contribution is 0.354. The van der Waals surface area contributed by atoms with Crippen molar-refractivity contribution < 1.29 is 8.42 Å². The fourth-order valence-corrected chi connectivity index (χ4v) is 1.26. The molecular weight excluding hydrogens is 178 g/mol. The second-order valence-electron chi connectivity index (χ2n) is 2.77. The fraction of sp³-hybridized carbons (Fsp3) is 1.00. The largest absolute Gasteiger partial charge is 0.318 e. The minimum Gasteiger partial charge on any atom is -0.318 e. The van der Waals surface area contributed by atoms with Crippen molar-refractivity contribution in [3.63, 3.8) is 0 Å². The third-order valence-corrected chi connectivity index (χ3v) is 2.25. The highest BCUT2D eigenvalue weighted by atomic mass is 32.2. The van der Waals surface area contributed by atoms with E-state index in [9.17, 15) is 8.42 Å². The Balaban J connectivity index is 3.51. The SMILES string of the molecule is CNCCN(C)CCS(N)(=O)=O. The van der Waals surface area contributed by atoms with Gasteiger partial charge in [0, 0.05) is 19.6 Å². The molecule has 0 saturated carbocycles. The number of nitrogens with two attached hydrogens (primary N) is 1. The van der Waals surface area contributed by atoms with Crippen molar-refractivity contribution in [2.24, 2.45) is 5.14 Å². The van der Waals surface area contributed by atoms with Crippen molar-refractivity contribution in [1.82, 2.24) is 10.2 Å². The smallest absolute Gasteiger partial charge is 0.210 e. The molecule has 0 aliphatic carbocycles. The molecule has 0 aromatic carbocycles. The van der Waals surface area contributed by atoms with Crippen LogP contribution < -0.4 is 10.5 Å². The minimum absolute atomic E-state index is 0.0210. The van der Waals surface area contributed by atoms with Crippen molar-refractivity contribution in [1.29, 1.82) is 0 Å². The van der Waals surface area contributed by atoms with Gasteiger partial charge in [-0.15, -0.1) is 0 Å². The van der Waals surface area contributed by atoms with E-state index in [-0.39, 0.29) is 5.75 Å². The van der Waals surface area contributed by atoms with Crippen LogP contribution in [-0.2, 0) is 10.0 Å².